The van der Waals surface area contributed by atoms with Crippen molar-refractivity contribution in [2.45, 2.75) is 13.0 Å². The fraction of sp³-hybridized carbons (Fsp3) is 0.462. The summed E-state index contributed by atoms with van der Waals surface area (Å²) in [6.45, 7) is 2.43. The molecule has 0 fully saturated rings. The first-order chi connectivity index (χ1) is 10.2. The molecule has 8 heteroatoms. The Bertz CT molecular complexity index is 575. The molecule has 0 amide bonds. The molecule has 0 spiro atoms. The van der Waals surface area contributed by atoms with Gasteiger partial charge in [-0.1, -0.05) is 17.7 Å². The number of methoxy groups -OCH3 is 1. The first-order valence-corrected chi connectivity index (χ1v) is 6.99. The predicted octanol–water partition coefficient (Wildman–Crippen LogP) is 1.63. The molecule has 0 bridgehead atoms. The molecule has 2 N–H and O–H groups in total. The zero-order valence-electron chi connectivity index (χ0n) is 11.8. The van der Waals surface area contributed by atoms with Crippen molar-refractivity contribution >= 4 is 17.3 Å². The summed E-state index contributed by atoms with van der Waals surface area (Å²) in [6, 6.07) is 5.41. The van der Waals surface area contributed by atoms with Crippen LogP contribution in [0.1, 0.15) is 6.42 Å². The Kier molecular flexibility index (Phi) is 5.91. The number of hydrogen-bond donors (Lipinski definition) is 1. The van der Waals surface area contributed by atoms with Gasteiger partial charge in [-0.05, 0) is 29.0 Å². The zero-order valence-corrected chi connectivity index (χ0v) is 12.6. The second-order valence-corrected chi connectivity index (χ2v) is 4.77. The normalized spacial score (nSPS) is 11.0. The van der Waals surface area contributed by atoms with E-state index in [4.69, 9.17) is 26.8 Å². The molecule has 1 aromatic carbocycles. The summed E-state index contributed by atoms with van der Waals surface area (Å²) in [7, 11) is 1.64. The highest BCUT2D eigenvalue weighted by Gasteiger charge is 2.13. The zero-order chi connectivity index (χ0) is 15.1. The molecule has 0 radical (unpaired) electrons. The van der Waals surface area contributed by atoms with E-state index >= 15 is 0 Å². The van der Waals surface area contributed by atoms with Gasteiger partial charge in [0.05, 0.1) is 23.9 Å². The van der Waals surface area contributed by atoms with Crippen molar-refractivity contribution in [2.24, 2.45) is 0 Å². The molecule has 1 aromatic heterocycles. The lowest BCUT2D eigenvalue weighted by atomic mass is 10.2. The number of benzene rings is 1. The number of hydrogen-bond acceptors (Lipinski definition) is 6. The van der Waals surface area contributed by atoms with Gasteiger partial charge in [0.25, 0.3) is 0 Å². The molecule has 0 aliphatic heterocycles. The molecule has 1 heterocycles. The van der Waals surface area contributed by atoms with Gasteiger partial charge in [0.2, 0.25) is 0 Å². The number of nitrogens with zero attached hydrogens (tertiary/aromatic N) is 4. The van der Waals surface area contributed by atoms with Crippen molar-refractivity contribution in [3.05, 3.63) is 23.2 Å². The fourth-order valence-electron chi connectivity index (χ4n) is 1.83. The summed E-state index contributed by atoms with van der Waals surface area (Å²) in [5.74, 6) is 0.601. The lowest BCUT2D eigenvalue weighted by Gasteiger charge is -2.08. The minimum Gasteiger partial charge on any atom is -0.398 e. The Labute approximate surface area is 128 Å². The maximum Gasteiger partial charge on any atom is 0.183 e. The third-order valence-electron chi connectivity index (χ3n) is 2.89. The molecule has 0 aliphatic rings. The molecule has 0 aliphatic carbocycles. The Morgan fingerprint density at radius 1 is 1.29 bits per heavy atom. The van der Waals surface area contributed by atoms with E-state index in [9.17, 15) is 0 Å². The Hall–Kier alpha value is -1.70. The van der Waals surface area contributed by atoms with Crippen LogP contribution in [0, 0.1) is 0 Å². The maximum absolute atomic E-state index is 6.20. The second-order valence-electron chi connectivity index (χ2n) is 4.39. The van der Waals surface area contributed by atoms with Crippen molar-refractivity contribution in [2.75, 3.05) is 32.7 Å². The van der Waals surface area contributed by atoms with Crippen LogP contribution in [0.4, 0.5) is 5.69 Å². The maximum atomic E-state index is 6.20. The summed E-state index contributed by atoms with van der Waals surface area (Å²) < 4.78 is 12.0. The van der Waals surface area contributed by atoms with E-state index in [1.54, 1.807) is 17.9 Å². The lowest BCUT2D eigenvalue weighted by molar-refractivity contribution is 0.0677. The summed E-state index contributed by atoms with van der Waals surface area (Å²) >= 11 is 6.20. The SMILES string of the molecule is COCCOCCCn1nnnc1-c1cccc(N)c1Cl. The topological polar surface area (TPSA) is 88.1 Å². The van der Waals surface area contributed by atoms with Crippen LogP contribution < -0.4 is 5.73 Å². The number of tetrazole rings is 1. The fourth-order valence-corrected chi connectivity index (χ4v) is 2.04. The van der Waals surface area contributed by atoms with Crippen LogP contribution in [0.3, 0.4) is 0 Å². The molecule has 7 nitrogen and oxygen atoms in total. The van der Waals surface area contributed by atoms with Crippen molar-refractivity contribution in [1.29, 1.82) is 0 Å². The highest BCUT2D eigenvalue weighted by molar-refractivity contribution is 6.35. The first kappa shape index (κ1) is 15.7. The Morgan fingerprint density at radius 3 is 2.95 bits per heavy atom. The third kappa shape index (κ3) is 4.13. The van der Waals surface area contributed by atoms with E-state index < -0.39 is 0 Å². The average Bonchev–Trinajstić information content (AvgIpc) is 2.94. The Balaban J connectivity index is 1.97. The van der Waals surface area contributed by atoms with Gasteiger partial charge in [0.15, 0.2) is 5.82 Å². The predicted molar refractivity (Wildman–Crippen MR) is 80.0 cm³/mol. The standard InChI is InChI=1S/C13H18ClN5O2/c1-20-8-9-21-7-3-6-19-13(16-17-18-19)10-4-2-5-11(15)12(10)14/h2,4-5H,3,6-9,15H2,1H3. The van der Waals surface area contributed by atoms with Crippen LogP contribution in [0.5, 0.6) is 0 Å². The van der Waals surface area contributed by atoms with Gasteiger partial charge in [-0.2, -0.15) is 0 Å². The molecule has 0 unspecified atom stereocenters. The summed E-state index contributed by atoms with van der Waals surface area (Å²) in [5, 5.41) is 12.2. The molecule has 0 saturated heterocycles. The van der Waals surface area contributed by atoms with E-state index in [0.717, 1.165) is 12.0 Å². The number of halogens is 1. The average molecular weight is 312 g/mol. The summed E-state index contributed by atoms with van der Waals surface area (Å²) in [4.78, 5) is 0. The van der Waals surface area contributed by atoms with Crippen LogP contribution >= 0.6 is 11.6 Å². The minimum atomic E-state index is 0.463. The molecular formula is C13H18ClN5O2. The number of nitrogens with two attached hydrogens (primary N) is 1. The van der Waals surface area contributed by atoms with Crippen molar-refractivity contribution in [1.82, 2.24) is 20.2 Å². The molecule has 114 valence electrons. The molecule has 2 aromatic rings. The van der Waals surface area contributed by atoms with Crippen LogP contribution in [0.25, 0.3) is 11.4 Å². The molecule has 0 saturated carbocycles. The molecule has 2 rings (SSSR count). The second kappa shape index (κ2) is 7.92. The van der Waals surface area contributed by atoms with Crippen molar-refractivity contribution in [3.63, 3.8) is 0 Å². The molecule has 0 atom stereocenters. The van der Waals surface area contributed by atoms with Crippen LogP contribution in [-0.4, -0.2) is 47.1 Å². The number of aromatic nitrogens is 4. The first-order valence-electron chi connectivity index (χ1n) is 6.61. The summed E-state index contributed by atoms with van der Waals surface area (Å²) in [6.07, 6.45) is 0.793. The van der Waals surface area contributed by atoms with Gasteiger partial charge in [-0.3, -0.25) is 0 Å². The number of nitrogen functional groups attached to an aromatic ring is 1. The minimum absolute atomic E-state index is 0.463. The van der Waals surface area contributed by atoms with Gasteiger partial charge < -0.3 is 15.2 Å². The van der Waals surface area contributed by atoms with Crippen LogP contribution in [-0.2, 0) is 16.0 Å². The lowest BCUT2D eigenvalue weighted by Crippen LogP contribution is -2.08. The van der Waals surface area contributed by atoms with Gasteiger partial charge in [0.1, 0.15) is 0 Å². The third-order valence-corrected chi connectivity index (χ3v) is 3.31. The number of anilines is 1. The quantitative estimate of drug-likeness (QED) is 0.589. The number of aryl methyl sites for hydroxylation is 1. The van der Waals surface area contributed by atoms with Crippen LogP contribution in [0.2, 0.25) is 5.02 Å². The Morgan fingerprint density at radius 2 is 2.14 bits per heavy atom. The number of ether oxygens (including phenoxy) is 2. The highest BCUT2D eigenvalue weighted by atomic mass is 35.5. The smallest absolute Gasteiger partial charge is 0.183 e. The van der Waals surface area contributed by atoms with E-state index in [1.165, 1.54) is 0 Å². The van der Waals surface area contributed by atoms with Gasteiger partial charge in [-0.15, -0.1) is 5.10 Å². The van der Waals surface area contributed by atoms with E-state index in [0.29, 0.717) is 42.9 Å². The van der Waals surface area contributed by atoms with Gasteiger partial charge >= 0.3 is 0 Å². The van der Waals surface area contributed by atoms with E-state index in [1.807, 2.05) is 12.1 Å². The summed E-state index contributed by atoms with van der Waals surface area (Å²) in [5.41, 5.74) is 7.03. The van der Waals surface area contributed by atoms with Crippen LogP contribution in [0.15, 0.2) is 18.2 Å². The largest absolute Gasteiger partial charge is 0.398 e. The van der Waals surface area contributed by atoms with Gasteiger partial charge in [0, 0.05) is 25.8 Å². The van der Waals surface area contributed by atoms with Gasteiger partial charge in [-0.25, -0.2) is 4.68 Å². The monoisotopic (exact) mass is 311 g/mol. The van der Waals surface area contributed by atoms with Crippen molar-refractivity contribution < 1.29 is 9.47 Å². The van der Waals surface area contributed by atoms with E-state index in [-0.39, 0.29) is 0 Å². The van der Waals surface area contributed by atoms with Crippen molar-refractivity contribution in [3.8, 4) is 11.4 Å². The number of rotatable bonds is 8. The molecular weight excluding hydrogens is 294 g/mol. The molecule has 21 heavy (non-hydrogen) atoms. The highest BCUT2D eigenvalue weighted by Crippen LogP contribution is 2.30. The van der Waals surface area contributed by atoms with E-state index in [2.05, 4.69) is 15.5 Å².